The molecule has 0 aliphatic carbocycles. The van der Waals surface area contributed by atoms with Gasteiger partial charge in [0, 0.05) is 5.69 Å². The number of ether oxygens (including phenoxy) is 1. The molecule has 18 heavy (non-hydrogen) atoms. The number of nitrogen functional groups attached to an aromatic ring is 1. The summed E-state index contributed by atoms with van der Waals surface area (Å²) in [6.45, 7) is 5.16. The molecule has 0 unspecified atom stereocenters. The maximum absolute atomic E-state index is 11.6. The van der Waals surface area contributed by atoms with Crippen LogP contribution in [0.5, 0.6) is 0 Å². The van der Waals surface area contributed by atoms with Crippen LogP contribution >= 0.6 is 0 Å². The summed E-state index contributed by atoms with van der Waals surface area (Å²) in [6, 6.07) is 5.36. The minimum atomic E-state index is -0.606. The summed E-state index contributed by atoms with van der Waals surface area (Å²) in [4.78, 5) is 23.1. The predicted octanol–water partition coefficient (Wildman–Crippen LogP) is 2.11. The molecule has 0 heterocycles. The van der Waals surface area contributed by atoms with E-state index in [0.29, 0.717) is 11.3 Å². The third-order valence-electron chi connectivity index (χ3n) is 2.31. The number of ketones is 1. The standard InChI is InChI=1S/C14H17NO3/c1-4-18-14(17)13(10(3)16)8-11-5-9(2)6-12(15)7-11/h5-8H,4,15H2,1-3H3/b13-8+. The van der Waals surface area contributed by atoms with Crippen molar-refractivity contribution in [2.45, 2.75) is 20.8 Å². The Bertz CT molecular complexity index is 484. The number of Topliss-reactive ketones (excluding diaryl/α,β-unsaturated/α-hetero) is 1. The number of benzene rings is 1. The second-order valence-corrected chi connectivity index (χ2v) is 4.01. The van der Waals surface area contributed by atoms with Crippen LogP contribution in [-0.4, -0.2) is 18.4 Å². The van der Waals surface area contributed by atoms with Crippen LogP contribution in [0, 0.1) is 6.92 Å². The smallest absolute Gasteiger partial charge is 0.341 e. The Hall–Kier alpha value is -2.10. The molecule has 0 radical (unpaired) electrons. The molecule has 0 aliphatic heterocycles. The molecule has 0 amide bonds. The summed E-state index contributed by atoms with van der Waals surface area (Å²) < 4.78 is 4.84. The largest absolute Gasteiger partial charge is 0.462 e. The lowest BCUT2D eigenvalue weighted by molar-refractivity contribution is -0.139. The molecule has 2 N–H and O–H groups in total. The van der Waals surface area contributed by atoms with Gasteiger partial charge < -0.3 is 10.5 Å². The zero-order chi connectivity index (χ0) is 13.7. The van der Waals surface area contributed by atoms with Gasteiger partial charge in [0.25, 0.3) is 0 Å². The van der Waals surface area contributed by atoms with Crippen LogP contribution in [0.15, 0.2) is 23.8 Å². The molecule has 1 rings (SSSR count). The molecule has 0 bridgehead atoms. The van der Waals surface area contributed by atoms with E-state index < -0.39 is 5.97 Å². The maximum Gasteiger partial charge on any atom is 0.341 e. The number of anilines is 1. The Morgan fingerprint density at radius 1 is 1.33 bits per heavy atom. The molecule has 1 aromatic carbocycles. The topological polar surface area (TPSA) is 69.4 Å². The molecular formula is C14H17NO3. The van der Waals surface area contributed by atoms with Crippen molar-refractivity contribution >= 4 is 23.5 Å². The number of carbonyl (C=O) groups excluding carboxylic acids is 2. The number of aryl methyl sites for hydroxylation is 1. The van der Waals surface area contributed by atoms with Crippen LogP contribution in [0.3, 0.4) is 0 Å². The van der Waals surface area contributed by atoms with E-state index >= 15 is 0 Å². The summed E-state index contributed by atoms with van der Waals surface area (Å²) in [5, 5.41) is 0. The number of esters is 1. The summed E-state index contributed by atoms with van der Waals surface area (Å²) in [5.41, 5.74) is 8.02. The molecule has 0 spiro atoms. The molecule has 96 valence electrons. The van der Waals surface area contributed by atoms with Gasteiger partial charge in [0.1, 0.15) is 5.57 Å². The van der Waals surface area contributed by atoms with Crippen molar-refractivity contribution in [2.75, 3.05) is 12.3 Å². The molecule has 4 heteroatoms. The van der Waals surface area contributed by atoms with E-state index in [0.717, 1.165) is 5.56 Å². The van der Waals surface area contributed by atoms with Crippen molar-refractivity contribution in [1.82, 2.24) is 0 Å². The Labute approximate surface area is 106 Å². The van der Waals surface area contributed by atoms with Gasteiger partial charge in [-0.2, -0.15) is 0 Å². The molecule has 0 fully saturated rings. The third kappa shape index (κ3) is 3.73. The summed E-state index contributed by atoms with van der Waals surface area (Å²) in [7, 11) is 0. The van der Waals surface area contributed by atoms with E-state index in [4.69, 9.17) is 10.5 Å². The van der Waals surface area contributed by atoms with Gasteiger partial charge in [-0.25, -0.2) is 4.79 Å². The van der Waals surface area contributed by atoms with E-state index in [1.54, 1.807) is 13.0 Å². The van der Waals surface area contributed by atoms with Gasteiger partial charge in [-0.05, 0) is 50.1 Å². The highest BCUT2D eigenvalue weighted by atomic mass is 16.5. The number of nitrogens with two attached hydrogens (primary N) is 1. The average Bonchev–Trinajstić information content (AvgIpc) is 2.24. The van der Waals surface area contributed by atoms with Gasteiger partial charge in [0.05, 0.1) is 6.61 Å². The van der Waals surface area contributed by atoms with E-state index in [1.165, 1.54) is 13.0 Å². The summed E-state index contributed by atoms with van der Waals surface area (Å²) in [6.07, 6.45) is 1.50. The number of carbonyl (C=O) groups is 2. The number of hydrogen-bond donors (Lipinski definition) is 1. The van der Waals surface area contributed by atoms with Crippen LogP contribution in [0.2, 0.25) is 0 Å². The fourth-order valence-electron chi connectivity index (χ4n) is 1.61. The Balaban J connectivity index is 3.16. The van der Waals surface area contributed by atoms with Crippen molar-refractivity contribution in [3.05, 3.63) is 34.9 Å². The minimum Gasteiger partial charge on any atom is -0.462 e. The normalized spacial score (nSPS) is 11.2. The van der Waals surface area contributed by atoms with Gasteiger partial charge in [-0.3, -0.25) is 4.79 Å². The van der Waals surface area contributed by atoms with Gasteiger partial charge in [0.15, 0.2) is 5.78 Å². The second-order valence-electron chi connectivity index (χ2n) is 4.01. The van der Waals surface area contributed by atoms with Gasteiger partial charge in [-0.1, -0.05) is 6.07 Å². The van der Waals surface area contributed by atoms with Crippen molar-refractivity contribution in [1.29, 1.82) is 0 Å². The average molecular weight is 247 g/mol. The first-order valence-corrected chi connectivity index (χ1v) is 5.71. The fourth-order valence-corrected chi connectivity index (χ4v) is 1.61. The van der Waals surface area contributed by atoms with E-state index in [-0.39, 0.29) is 18.0 Å². The number of rotatable bonds is 4. The first kappa shape index (κ1) is 14.0. The molecular weight excluding hydrogens is 230 g/mol. The SMILES string of the molecule is CCOC(=O)/C(=C/c1cc(C)cc(N)c1)C(C)=O. The molecule has 0 atom stereocenters. The molecule has 0 saturated heterocycles. The fraction of sp³-hybridized carbons (Fsp3) is 0.286. The van der Waals surface area contributed by atoms with Crippen LogP contribution in [0.1, 0.15) is 25.0 Å². The van der Waals surface area contributed by atoms with Crippen molar-refractivity contribution in [2.24, 2.45) is 0 Å². The zero-order valence-electron chi connectivity index (χ0n) is 10.8. The van der Waals surface area contributed by atoms with Gasteiger partial charge in [0.2, 0.25) is 0 Å². The first-order valence-electron chi connectivity index (χ1n) is 5.71. The van der Waals surface area contributed by atoms with E-state index in [9.17, 15) is 9.59 Å². The Kier molecular flexibility index (Phi) is 4.66. The van der Waals surface area contributed by atoms with Gasteiger partial charge in [-0.15, -0.1) is 0 Å². The number of hydrogen-bond acceptors (Lipinski definition) is 4. The molecule has 1 aromatic rings. The Morgan fingerprint density at radius 3 is 2.50 bits per heavy atom. The molecule has 0 saturated carbocycles. The quantitative estimate of drug-likeness (QED) is 0.291. The molecule has 0 aliphatic rings. The van der Waals surface area contributed by atoms with E-state index in [1.807, 2.05) is 19.1 Å². The Morgan fingerprint density at radius 2 is 2.00 bits per heavy atom. The zero-order valence-corrected chi connectivity index (χ0v) is 10.8. The first-order chi connectivity index (χ1) is 8.43. The van der Waals surface area contributed by atoms with E-state index in [2.05, 4.69) is 0 Å². The lowest BCUT2D eigenvalue weighted by Crippen LogP contribution is -2.13. The van der Waals surface area contributed by atoms with Gasteiger partial charge >= 0.3 is 5.97 Å². The summed E-state index contributed by atoms with van der Waals surface area (Å²) >= 11 is 0. The molecule has 4 nitrogen and oxygen atoms in total. The van der Waals surface area contributed by atoms with Crippen molar-refractivity contribution in [3.63, 3.8) is 0 Å². The maximum atomic E-state index is 11.6. The monoisotopic (exact) mass is 247 g/mol. The van der Waals surface area contributed by atoms with Crippen molar-refractivity contribution < 1.29 is 14.3 Å². The van der Waals surface area contributed by atoms with Crippen molar-refractivity contribution in [3.8, 4) is 0 Å². The van der Waals surface area contributed by atoms with Crippen LogP contribution in [0.4, 0.5) is 5.69 Å². The molecule has 0 aromatic heterocycles. The van der Waals surface area contributed by atoms with Crippen LogP contribution in [-0.2, 0) is 14.3 Å². The predicted molar refractivity (Wildman–Crippen MR) is 70.9 cm³/mol. The lowest BCUT2D eigenvalue weighted by atomic mass is 10.1. The van der Waals surface area contributed by atoms with Crippen LogP contribution < -0.4 is 5.73 Å². The van der Waals surface area contributed by atoms with Crippen LogP contribution in [0.25, 0.3) is 6.08 Å². The highest BCUT2D eigenvalue weighted by molar-refractivity contribution is 6.19. The second kappa shape index (κ2) is 6.00. The highest BCUT2D eigenvalue weighted by Crippen LogP contribution is 2.15. The lowest BCUT2D eigenvalue weighted by Gasteiger charge is -2.05. The highest BCUT2D eigenvalue weighted by Gasteiger charge is 2.15. The third-order valence-corrected chi connectivity index (χ3v) is 2.31. The minimum absolute atomic E-state index is 0.0295. The summed E-state index contributed by atoms with van der Waals surface area (Å²) in [5.74, 6) is -0.932.